The van der Waals surface area contributed by atoms with Crippen LogP contribution >= 0.6 is 0 Å². The van der Waals surface area contributed by atoms with Gasteiger partial charge in [0.15, 0.2) is 11.5 Å². The standard InChI is InChI=1S/C17H28N2O2/c1-18-15(12-19(2)14-7-5-6-8-14)13-9-10-16(20-3)17(11-13)21-4/h9-11,14-15,18H,5-8,12H2,1-4H3. The van der Waals surface area contributed by atoms with E-state index in [1.165, 1.54) is 31.2 Å². The Kier molecular flexibility index (Phi) is 5.88. The summed E-state index contributed by atoms with van der Waals surface area (Å²) in [7, 11) is 7.60. The van der Waals surface area contributed by atoms with Gasteiger partial charge in [0.1, 0.15) is 0 Å². The van der Waals surface area contributed by atoms with Gasteiger partial charge in [-0.1, -0.05) is 18.9 Å². The van der Waals surface area contributed by atoms with Gasteiger partial charge in [0.05, 0.1) is 14.2 Å². The summed E-state index contributed by atoms with van der Waals surface area (Å²) in [6.45, 7) is 1.01. The lowest BCUT2D eigenvalue weighted by atomic mass is 10.0. The zero-order chi connectivity index (χ0) is 15.2. The molecule has 1 fully saturated rings. The van der Waals surface area contributed by atoms with Crippen LogP contribution in [0.2, 0.25) is 0 Å². The van der Waals surface area contributed by atoms with Crippen molar-refractivity contribution in [3.05, 3.63) is 23.8 Å². The van der Waals surface area contributed by atoms with E-state index < -0.39 is 0 Å². The third kappa shape index (κ3) is 3.89. The van der Waals surface area contributed by atoms with Crippen molar-refractivity contribution in [2.24, 2.45) is 0 Å². The highest BCUT2D eigenvalue weighted by molar-refractivity contribution is 5.43. The maximum absolute atomic E-state index is 5.41. The lowest BCUT2D eigenvalue weighted by molar-refractivity contribution is 0.222. The molecule has 0 aromatic heterocycles. The van der Waals surface area contributed by atoms with E-state index in [9.17, 15) is 0 Å². The molecule has 1 atom stereocenters. The van der Waals surface area contributed by atoms with Crippen LogP contribution in [0.5, 0.6) is 11.5 Å². The van der Waals surface area contributed by atoms with E-state index >= 15 is 0 Å². The Morgan fingerprint density at radius 2 is 1.86 bits per heavy atom. The molecule has 0 radical (unpaired) electrons. The van der Waals surface area contributed by atoms with E-state index in [0.29, 0.717) is 6.04 Å². The normalized spacial score (nSPS) is 17.2. The molecule has 0 aliphatic heterocycles. The minimum atomic E-state index is 0.301. The van der Waals surface area contributed by atoms with Crippen LogP contribution in [-0.2, 0) is 0 Å². The van der Waals surface area contributed by atoms with Crippen molar-refractivity contribution in [3.8, 4) is 11.5 Å². The van der Waals surface area contributed by atoms with Crippen molar-refractivity contribution < 1.29 is 9.47 Å². The van der Waals surface area contributed by atoms with Gasteiger partial charge in [-0.3, -0.25) is 0 Å². The summed E-state index contributed by atoms with van der Waals surface area (Å²) >= 11 is 0. The number of benzene rings is 1. The fourth-order valence-corrected chi connectivity index (χ4v) is 3.22. The van der Waals surface area contributed by atoms with Crippen molar-refractivity contribution >= 4 is 0 Å². The molecule has 2 rings (SSSR count). The second kappa shape index (κ2) is 7.66. The average molecular weight is 292 g/mol. The quantitative estimate of drug-likeness (QED) is 0.838. The summed E-state index contributed by atoms with van der Waals surface area (Å²) < 4.78 is 10.7. The summed E-state index contributed by atoms with van der Waals surface area (Å²) in [6, 6.07) is 7.21. The molecule has 1 aromatic carbocycles. The number of likely N-dealkylation sites (N-methyl/N-ethyl adjacent to an activating group) is 2. The lowest BCUT2D eigenvalue weighted by Gasteiger charge is -2.29. The van der Waals surface area contributed by atoms with Gasteiger partial charge in [-0.25, -0.2) is 0 Å². The van der Waals surface area contributed by atoms with Crippen molar-refractivity contribution in [1.82, 2.24) is 10.2 Å². The van der Waals surface area contributed by atoms with Crippen LogP contribution < -0.4 is 14.8 Å². The zero-order valence-corrected chi connectivity index (χ0v) is 13.7. The molecule has 1 aliphatic rings. The van der Waals surface area contributed by atoms with E-state index in [-0.39, 0.29) is 0 Å². The van der Waals surface area contributed by atoms with Crippen LogP contribution in [0.15, 0.2) is 18.2 Å². The predicted molar refractivity (Wildman–Crippen MR) is 86.2 cm³/mol. The molecule has 0 saturated heterocycles. The van der Waals surface area contributed by atoms with Gasteiger partial charge in [-0.15, -0.1) is 0 Å². The molecule has 4 heteroatoms. The summed E-state index contributed by atoms with van der Waals surface area (Å²) in [5.41, 5.74) is 1.24. The number of nitrogens with one attached hydrogen (secondary N) is 1. The number of rotatable bonds is 7. The largest absolute Gasteiger partial charge is 0.493 e. The van der Waals surface area contributed by atoms with Crippen molar-refractivity contribution in [1.29, 1.82) is 0 Å². The lowest BCUT2D eigenvalue weighted by Crippen LogP contribution is -2.36. The maximum atomic E-state index is 5.41. The Hall–Kier alpha value is -1.26. The van der Waals surface area contributed by atoms with Crippen LogP contribution in [0.4, 0.5) is 0 Å². The molecule has 1 aliphatic carbocycles. The summed E-state index contributed by atoms with van der Waals surface area (Å²) in [4.78, 5) is 2.49. The van der Waals surface area contributed by atoms with Crippen LogP contribution in [0.3, 0.4) is 0 Å². The van der Waals surface area contributed by atoms with Crippen LogP contribution in [0, 0.1) is 0 Å². The predicted octanol–water partition coefficient (Wildman–Crippen LogP) is 2.84. The summed E-state index contributed by atoms with van der Waals surface area (Å²) in [5, 5.41) is 3.42. The number of methoxy groups -OCH3 is 2. The van der Waals surface area contributed by atoms with E-state index in [0.717, 1.165) is 24.1 Å². The molecule has 1 saturated carbocycles. The second-order valence-corrected chi connectivity index (χ2v) is 5.83. The molecule has 118 valence electrons. The van der Waals surface area contributed by atoms with Gasteiger partial charge in [-0.2, -0.15) is 0 Å². The first-order valence-corrected chi connectivity index (χ1v) is 7.79. The SMILES string of the molecule is CNC(CN(C)C1CCCC1)c1ccc(OC)c(OC)c1. The van der Waals surface area contributed by atoms with Crippen molar-refractivity contribution in [2.45, 2.75) is 37.8 Å². The number of nitrogens with zero attached hydrogens (tertiary/aromatic N) is 1. The molecule has 0 heterocycles. The Morgan fingerprint density at radius 3 is 2.43 bits per heavy atom. The highest BCUT2D eigenvalue weighted by Crippen LogP contribution is 2.31. The minimum Gasteiger partial charge on any atom is -0.493 e. The summed E-state index contributed by atoms with van der Waals surface area (Å²) in [5.74, 6) is 1.57. The van der Waals surface area contributed by atoms with E-state index in [4.69, 9.17) is 9.47 Å². The Bertz CT molecular complexity index is 444. The molecule has 0 amide bonds. The molecular formula is C17H28N2O2. The molecule has 0 bridgehead atoms. The molecular weight excluding hydrogens is 264 g/mol. The van der Waals surface area contributed by atoms with E-state index in [1.807, 2.05) is 13.1 Å². The second-order valence-electron chi connectivity index (χ2n) is 5.83. The van der Waals surface area contributed by atoms with E-state index in [2.05, 4.69) is 29.4 Å². The van der Waals surface area contributed by atoms with E-state index in [1.54, 1.807) is 14.2 Å². The number of ether oxygens (including phenoxy) is 2. The average Bonchev–Trinajstić information content (AvgIpc) is 3.06. The molecule has 1 N–H and O–H groups in total. The van der Waals surface area contributed by atoms with Gasteiger partial charge in [0, 0.05) is 18.6 Å². The minimum absolute atomic E-state index is 0.301. The molecule has 1 aromatic rings. The Morgan fingerprint density at radius 1 is 1.19 bits per heavy atom. The highest BCUT2D eigenvalue weighted by Gasteiger charge is 2.22. The number of hydrogen-bond acceptors (Lipinski definition) is 4. The fraction of sp³-hybridized carbons (Fsp3) is 0.647. The van der Waals surface area contributed by atoms with Crippen LogP contribution in [0.25, 0.3) is 0 Å². The smallest absolute Gasteiger partial charge is 0.161 e. The van der Waals surface area contributed by atoms with Gasteiger partial charge in [0.25, 0.3) is 0 Å². The molecule has 0 spiro atoms. The zero-order valence-electron chi connectivity index (χ0n) is 13.7. The highest BCUT2D eigenvalue weighted by atomic mass is 16.5. The topological polar surface area (TPSA) is 33.7 Å². The number of hydrogen-bond donors (Lipinski definition) is 1. The van der Waals surface area contributed by atoms with Crippen LogP contribution in [-0.4, -0.2) is 45.8 Å². The molecule has 4 nitrogen and oxygen atoms in total. The Balaban J connectivity index is 2.09. The Labute approximate surface area is 128 Å². The van der Waals surface area contributed by atoms with Gasteiger partial charge < -0.3 is 19.7 Å². The first-order chi connectivity index (χ1) is 10.2. The monoisotopic (exact) mass is 292 g/mol. The van der Waals surface area contributed by atoms with Gasteiger partial charge >= 0.3 is 0 Å². The first-order valence-electron chi connectivity index (χ1n) is 7.79. The third-order valence-electron chi connectivity index (χ3n) is 4.58. The third-order valence-corrected chi connectivity index (χ3v) is 4.58. The van der Waals surface area contributed by atoms with Crippen LogP contribution in [0.1, 0.15) is 37.3 Å². The van der Waals surface area contributed by atoms with Gasteiger partial charge in [-0.05, 0) is 44.6 Å². The molecule has 21 heavy (non-hydrogen) atoms. The molecule has 1 unspecified atom stereocenters. The van der Waals surface area contributed by atoms with Gasteiger partial charge in [0.2, 0.25) is 0 Å². The first kappa shape index (κ1) is 16.1. The fourth-order valence-electron chi connectivity index (χ4n) is 3.22. The maximum Gasteiger partial charge on any atom is 0.161 e. The summed E-state index contributed by atoms with van der Waals surface area (Å²) in [6.07, 6.45) is 5.41. The van der Waals surface area contributed by atoms with Crippen molar-refractivity contribution in [2.75, 3.05) is 34.9 Å². The van der Waals surface area contributed by atoms with Crippen molar-refractivity contribution in [3.63, 3.8) is 0 Å².